The van der Waals surface area contributed by atoms with Gasteiger partial charge in [-0.25, -0.2) is 17.2 Å². The summed E-state index contributed by atoms with van der Waals surface area (Å²) in [5.41, 5.74) is 1.02. The van der Waals surface area contributed by atoms with Crippen LogP contribution < -0.4 is 5.32 Å². The number of carbonyl (C=O) groups excluding carboxylic acids is 1. The summed E-state index contributed by atoms with van der Waals surface area (Å²) in [4.78, 5) is 14.4. The lowest BCUT2D eigenvalue weighted by atomic mass is 9.91. The van der Waals surface area contributed by atoms with Gasteiger partial charge in [0.1, 0.15) is 15.8 Å². The number of halogens is 2. The van der Waals surface area contributed by atoms with Crippen molar-refractivity contribution in [1.29, 1.82) is 0 Å². The molecule has 2 heterocycles. The quantitative estimate of drug-likeness (QED) is 0.858. The summed E-state index contributed by atoms with van der Waals surface area (Å²) < 4.78 is 51.6. The van der Waals surface area contributed by atoms with Crippen LogP contribution >= 0.6 is 0 Å². The minimum absolute atomic E-state index is 0.000855. The van der Waals surface area contributed by atoms with E-state index >= 15 is 0 Å². The summed E-state index contributed by atoms with van der Waals surface area (Å²) in [6.45, 7) is 0.772. The lowest BCUT2D eigenvalue weighted by Crippen LogP contribution is -2.55. The van der Waals surface area contributed by atoms with Gasteiger partial charge in [0, 0.05) is 32.1 Å². The molecule has 1 aromatic carbocycles. The molecule has 2 aliphatic rings. The van der Waals surface area contributed by atoms with E-state index in [-0.39, 0.29) is 37.1 Å². The highest BCUT2D eigenvalue weighted by atomic mass is 32.2. The molecule has 0 aliphatic carbocycles. The number of sulfone groups is 1. The second-order valence-electron chi connectivity index (χ2n) is 7.22. The Morgan fingerprint density at radius 2 is 1.85 bits per heavy atom. The Morgan fingerprint density at radius 1 is 1.19 bits per heavy atom. The van der Waals surface area contributed by atoms with Gasteiger partial charge in [-0.15, -0.1) is 0 Å². The zero-order valence-corrected chi connectivity index (χ0v) is 15.4. The molecule has 0 bridgehead atoms. The van der Waals surface area contributed by atoms with Gasteiger partial charge in [-0.05, 0) is 18.4 Å². The number of nitrogens with zero attached hydrogens (tertiary/aromatic N) is 1. The number of amides is 1. The molecule has 1 N–H and O–H groups in total. The summed E-state index contributed by atoms with van der Waals surface area (Å²) in [5, 5.41) is 2.66. The molecule has 0 radical (unpaired) electrons. The lowest BCUT2D eigenvalue weighted by molar-refractivity contribution is -0.151. The zero-order chi connectivity index (χ0) is 18.8. The summed E-state index contributed by atoms with van der Waals surface area (Å²) in [6, 6.07) is 9.22. The van der Waals surface area contributed by atoms with Crippen LogP contribution in [0, 0.1) is 5.92 Å². The molecule has 8 heteroatoms. The number of hydrogen-bond acceptors (Lipinski definition) is 4. The van der Waals surface area contributed by atoms with E-state index in [1.54, 1.807) is 0 Å². The number of alkyl halides is 2. The smallest absolute Gasteiger partial charge is 0.262 e. The van der Waals surface area contributed by atoms with Gasteiger partial charge in [0.2, 0.25) is 5.91 Å². The fraction of sp³-hybridized carbons (Fsp3) is 0.611. The van der Waals surface area contributed by atoms with Crippen LogP contribution in [-0.2, 0) is 21.2 Å². The number of hydrogen-bond donors (Lipinski definition) is 1. The first kappa shape index (κ1) is 19.2. The first-order chi connectivity index (χ1) is 12.3. The van der Waals surface area contributed by atoms with Crippen LogP contribution in [0.3, 0.4) is 0 Å². The van der Waals surface area contributed by atoms with E-state index in [4.69, 9.17) is 0 Å². The highest BCUT2D eigenvalue weighted by molar-refractivity contribution is 7.91. The minimum atomic E-state index is -3.05. The third kappa shape index (κ3) is 4.79. The van der Waals surface area contributed by atoms with Gasteiger partial charge >= 0.3 is 0 Å². The molecule has 1 aromatic rings. The van der Waals surface area contributed by atoms with Gasteiger partial charge in [-0.1, -0.05) is 30.3 Å². The number of nitrogens with one attached hydrogen (secondary N) is 1. The molecule has 5 nitrogen and oxygen atoms in total. The lowest BCUT2D eigenvalue weighted by Gasteiger charge is -2.38. The summed E-state index contributed by atoms with van der Waals surface area (Å²) in [6.07, 6.45) is 0.233. The van der Waals surface area contributed by atoms with Crippen molar-refractivity contribution in [3.05, 3.63) is 35.9 Å². The Labute approximate surface area is 152 Å². The maximum absolute atomic E-state index is 14.3. The Bertz CT molecular complexity index is 726. The maximum Gasteiger partial charge on any atom is 0.262 e. The minimum Gasteiger partial charge on any atom is -0.353 e. The maximum atomic E-state index is 14.3. The molecule has 2 aliphatic heterocycles. The largest absolute Gasteiger partial charge is 0.353 e. The van der Waals surface area contributed by atoms with E-state index in [1.165, 1.54) is 0 Å². The first-order valence-corrected chi connectivity index (χ1v) is 10.7. The van der Waals surface area contributed by atoms with Crippen molar-refractivity contribution in [2.75, 3.05) is 24.6 Å². The topological polar surface area (TPSA) is 66.5 Å². The van der Waals surface area contributed by atoms with Gasteiger partial charge < -0.3 is 5.32 Å². The zero-order valence-electron chi connectivity index (χ0n) is 14.5. The van der Waals surface area contributed by atoms with E-state index in [1.807, 2.05) is 35.2 Å². The van der Waals surface area contributed by atoms with Gasteiger partial charge in [0.25, 0.3) is 5.92 Å². The average molecular weight is 386 g/mol. The fourth-order valence-electron chi connectivity index (χ4n) is 3.56. The van der Waals surface area contributed by atoms with Crippen LogP contribution in [0.4, 0.5) is 8.78 Å². The van der Waals surface area contributed by atoms with Crippen molar-refractivity contribution < 1.29 is 22.0 Å². The van der Waals surface area contributed by atoms with Crippen molar-refractivity contribution in [1.82, 2.24) is 10.2 Å². The number of rotatable bonds is 4. The van der Waals surface area contributed by atoms with Gasteiger partial charge in [0.05, 0.1) is 11.5 Å². The van der Waals surface area contributed by atoms with E-state index < -0.39 is 27.6 Å². The highest BCUT2D eigenvalue weighted by Crippen LogP contribution is 2.34. The molecule has 1 atom stereocenters. The van der Waals surface area contributed by atoms with E-state index in [9.17, 15) is 22.0 Å². The predicted octanol–water partition coefficient (Wildman–Crippen LogP) is 1.84. The Hall–Kier alpha value is -1.54. The fourth-order valence-corrected chi connectivity index (χ4v) is 5.05. The Balaban J connectivity index is 1.61. The van der Waals surface area contributed by atoms with Crippen LogP contribution in [-0.4, -0.2) is 55.8 Å². The van der Waals surface area contributed by atoms with Crippen LogP contribution in [0.25, 0.3) is 0 Å². The second-order valence-corrected chi connectivity index (χ2v) is 9.52. The van der Waals surface area contributed by atoms with Gasteiger partial charge in [0.15, 0.2) is 0 Å². The van der Waals surface area contributed by atoms with E-state index in [0.717, 1.165) is 5.56 Å². The SMILES string of the molecule is O=C(NC1CCS(=O)(=O)CC1)C1CN(Cc2ccccc2)CCC1(F)F. The van der Waals surface area contributed by atoms with Crippen molar-refractivity contribution in [2.45, 2.75) is 37.8 Å². The molecule has 144 valence electrons. The molecular formula is C18H24F2N2O3S. The van der Waals surface area contributed by atoms with Crippen molar-refractivity contribution in [3.63, 3.8) is 0 Å². The number of benzene rings is 1. The van der Waals surface area contributed by atoms with E-state index in [2.05, 4.69) is 5.32 Å². The molecular weight excluding hydrogens is 362 g/mol. The van der Waals surface area contributed by atoms with Crippen LogP contribution in [0.1, 0.15) is 24.8 Å². The van der Waals surface area contributed by atoms with Crippen LogP contribution in [0.2, 0.25) is 0 Å². The summed E-state index contributed by atoms with van der Waals surface area (Å²) >= 11 is 0. The van der Waals surface area contributed by atoms with Gasteiger partial charge in [-0.3, -0.25) is 9.69 Å². The number of carbonyl (C=O) groups is 1. The van der Waals surface area contributed by atoms with Crippen LogP contribution in [0.5, 0.6) is 0 Å². The third-order valence-electron chi connectivity index (χ3n) is 5.18. The number of likely N-dealkylation sites (tertiary alicyclic amines) is 1. The molecule has 2 fully saturated rings. The predicted molar refractivity (Wildman–Crippen MR) is 94.6 cm³/mol. The molecule has 2 saturated heterocycles. The third-order valence-corrected chi connectivity index (χ3v) is 6.89. The van der Waals surface area contributed by atoms with Crippen molar-refractivity contribution >= 4 is 15.7 Å². The summed E-state index contributed by atoms with van der Waals surface area (Å²) in [5.74, 6) is -5.12. The normalized spacial score (nSPS) is 26.3. The molecule has 26 heavy (non-hydrogen) atoms. The monoisotopic (exact) mass is 386 g/mol. The molecule has 1 amide bonds. The Morgan fingerprint density at radius 3 is 2.50 bits per heavy atom. The van der Waals surface area contributed by atoms with Gasteiger partial charge in [-0.2, -0.15) is 0 Å². The molecule has 1 unspecified atom stereocenters. The molecule has 3 rings (SSSR count). The molecule has 0 saturated carbocycles. The number of piperidine rings is 1. The van der Waals surface area contributed by atoms with Crippen molar-refractivity contribution in [3.8, 4) is 0 Å². The van der Waals surface area contributed by atoms with Crippen molar-refractivity contribution in [2.24, 2.45) is 5.92 Å². The molecule has 0 spiro atoms. The average Bonchev–Trinajstić information content (AvgIpc) is 2.59. The Kier molecular flexibility index (Phi) is 5.62. The standard InChI is InChI=1S/C18H24F2N2O3S/c19-18(20)8-9-22(12-14-4-2-1-3-5-14)13-16(18)17(23)21-15-6-10-26(24,25)11-7-15/h1-5,15-16H,6-13H2,(H,21,23). The first-order valence-electron chi connectivity index (χ1n) is 8.90. The molecule has 0 aromatic heterocycles. The summed E-state index contributed by atoms with van der Waals surface area (Å²) in [7, 11) is -3.05. The second kappa shape index (κ2) is 7.60. The highest BCUT2D eigenvalue weighted by Gasteiger charge is 2.48. The van der Waals surface area contributed by atoms with E-state index in [0.29, 0.717) is 19.4 Å². The van der Waals surface area contributed by atoms with Crippen LogP contribution in [0.15, 0.2) is 30.3 Å².